The first-order chi connectivity index (χ1) is 19.8. The van der Waals surface area contributed by atoms with Crippen molar-refractivity contribution in [2.75, 3.05) is 13.7 Å². The molecule has 2 N–H and O–H groups in total. The summed E-state index contributed by atoms with van der Waals surface area (Å²) >= 11 is 8.45. The highest BCUT2D eigenvalue weighted by atomic mass is 35.5. The van der Waals surface area contributed by atoms with Crippen molar-refractivity contribution in [1.29, 1.82) is 0 Å². The van der Waals surface area contributed by atoms with Gasteiger partial charge in [-0.2, -0.15) is 0 Å². The molecule has 9 heteroatoms. The minimum Gasteiger partial charge on any atom is -0.465 e. The van der Waals surface area contributed by atoms with E-state index in [-0.39, 0.29) is 40.6 Å². The monoisotopic (exact) mass is 642 g/mol. The maximum absolute atomic E-state index is 11.8. The molecule has 1 saturated heterocycles. The highest BCUT2D eigenvalue weighted by molar-refractivity contribution is 7.13. The van der Waals surface area contributed by atoms with E-state index in [0.29, 0.717) is 10.8 Å². The third-order valence-corrected chi connectivity index (χ3v) is 14.7. The molecule has 0 radical (unpaired) electrons. The van der Waals surface area contributed by atoms with Gasteiger partial charge >= 0.3 is 5.97 Å². The average Bonchev–Trinajstić information content (AvgIpc) is 3.51. The Morgan fingerprint density at radius 3 is 2.69 bits per heavy atom. The third kappa shape index (κ3) is 10.7. The number of aliphatic hydroxyl groups is 1. The molecule has 0 amide bonds. The molecule has 3 rings (SSSR count). The van der Waals surface area contributed by atoms with Gasteiger partial charge in [-0.3, -0.25) is 0 Å². The number of rotatable bonds is 16. The first-order valence-corrected chi connectivity index (χ1v) is 20.2. The van der Waals surface area contributed by atoms with Crippen LogP contribution in [0, 0.1) is 17.8 Å². The SMILES string of the molecule is COC(=O)c1ccc(CCC[C@@H]2[C@@H](/C=C/[C@@H](O)CCC[C@@H](C)CC(C)(C)[Si](C)(C)O)[C@H](OC3CCCCO3)C[C@H]2Cl)s1. The molecule has 2 aliphatic rings. The first-order valence-electron chi connectivity index (χ1n) is 16.0. The summed E-state index contributed by atoms with van der Waals surface area (Å²) in [6.07, 6.45) is 13.9. The van der Waals surface area contributed by atoms with Crippen molar-refractivity contribution >= 4 is 37.2 Å². The molecule has 42 heavy (non-hydrogen) atoms. The predicted molar refractivity (Wildman–Crippen MR) is 175 cm³/mol. The number of methoxy groups -OCH3 is 1. The topological polar surface area (TPSA) is 85.2 Å². The number of ether oxygens (including phenoxy) is 3. The van der Waals surface area contributed by atoms with E-state index < -0.39 is 14.4 Å². The lowest BCUT2D eigenvalue weighted by Gasteiger charge is -2.37. The maximum atomic E-state index is 11.8. The molecule has 240 valence electrons. The van der Waals surface area contributed by atoms with Crippen LogP contribution >= 0.6 is 22.9 Å². The molecule has 2 fully saturated rings. The van der Waals surface area contributed by atoms with Crippen molar-refractivity contribution in [1.82, 2.24) is 0 Å². The molecule has 2 heterocycles. The second-order valence-corrected chi connectivity index (χ2v) is 19.9. The summed E-state index contributed by atoms with van der Waals surface area (Å²) in [6, 6.07) is 3.85. The summed E-state index contributed by atoms with van der Waals surface area (Å²) < 4.78 is 17.2. The Labute approximate surface area is 264 Å². The van der Waals surface area contributed by atoms with E-state index in [4.69, 9.17) is 25.8 Å². The van der Waals surface area contributed by atoms with Crippen molar-refractivity contribution < 1.29 is 28.9 Å². The van der Waals surface area contributed by atoms with Gasteiger partial charge in [-0.25, -0.2) is 4.79 Å². The van der Waals surface area contributed by atoms with E-state index in [1.807, 2.05) is 31.3 Å². The van der Waals surface area contributed by atoms with E-state index in [0.717, 1.165) is 77.2 Å². The van der Waals surface area contributed by atoms with Crippen LogP contribution in [0.25, 0.3) is 0 Å². The highest BCUT2D eigenvalue weighted by Gasteiger charge is 2.43. The third-order valence-electron chi connectivity index (χ3n) is 9.59. The van der Waals surface area contributed by atoms with Crippen molar-refractivity contribution in [3.8, 4) is 0 Å². The second kappa shape index (κ2) is 16.5. The van der Waals surface area contributed by atoms with Gasteiger partial charge in [0.1, 0.15) is 4.88 Å². The Morgan fingerprint density at radius 2 is 2.02 bits per heavy atom. The molecule has 1 unspecified atom stereocenters. The number of thiophene rings is 1. The molecule has 1 aliphatic heterocycles. The van der Waals surface area contributed by atoms with Crippen LogP contribution in [0.4, 0.5) is 0 Å². The van der Waals surface area contributed by atoms with E-state index in [1.165, 1.54) is 23.3 Å². The predicted octanol–water partition coefficient (Wildman–Crippen LogP) is 8.10. The Balaban J connectivity index is 1.57. The van der Waals surface area contributed by atoms with E-state index in [1.54, 1.807) is 0 Å². The molecular formula is C33H55ClO6SSi. The van der Waals surface area contributed by atoms with Gasteiger partial charge in [0.05, 0.1) is 19.3 Å². The second-order valence-electron chi connectivity index (χ2n) is 13.7. The number of hydrogen-bond donors (Lipinski definition) is 2. The first kappa shape index (κ1) is 35.7. The molecule has 6 nitrogen and oxygen atoms in total. The van der Waals surface area contributed by atoms with E-state index in [9.17, 15) is 14.7 Å². The van der Waals surface area contributed by atoms with Crippen molar-refractivity contribution in [3.63, 3.8) is 0 Å². The highest BCUT2D eigenvalue weighted by Crippen LogP contribution is 2.44. The molecule has 1 aliphatic carbocycles. The molecular weight excluding hydrogens is 588 g/mol. The van der Waals surface area contributed by atoms with Crippen LogP contribution in [0.3, 0.4) is 0 Å². The van der Waals surface area contributed by atoms with Crippen molar-refractivity contribution in [2.24, 2.45) is 17.8 Å². The number of alkyl halides is 1. The number of esters is 1. The van der Waals surface area contributed by atoms with Gasteiger partial charge in [-0.05, 0) is 99.9 Å². The molecule has 0 bridgehead atoms. The van der Waals surface area contributed by atoms with Crippen LogP contribution < -0.4 is 0 Å². The Morgan fingerprint density at radius 1 is 1.26 bits per heavy atom. The summed E-state index contributed by atoms with van der Waals surface area (Å²) in [7, 11) is -0.808. The average molecular weight is 643 g/mol. The lowest BCUT2D eigenvalue weighted by Crippen LogP contribution is -2.39. The Bertz CT molecular complexity index is 985. The minimum absolute atomic E-state index is 0.00267. The van der Waals surface area contributed by atoms with Crippen LogP contribution in [0.5, 0.6) is 0 Å². The summed E-state index contributed by atoms with van der Waals surface area (Å²) in [5, 5.41) is 10.9. The van der Waals surface area contributed by atoms with Gasteiger partial charge in [0.25, 0.3) is 0 Å². The molecule has 0 aromatic carbocycles. The number of aryl methyl sites for hydroxylation is 1. The summed E-state index contributed by atoms with van der Waals surface area (Å²) in [5.41, 5.74) is 0. The van der Waals surface area contributed by atoms with Crippen molar-refractivity contribution in [3.05, 3.63) is 34.0 Å². The van der Waals surface area contributed by atoms with E-state index >= 15 is 0 Å². The summed E-state index contributed by atoms with van der Waals surface area (Å²) in [4.78, 5) is 24.3. The molecule has 1 saturated carbocycles. The van der Waals surface area contributed by atoms with E-state index in [2.05, 4.69) is 26.8 Å². The van der Waals surface area contributed by atoms with Gasteiger partial charge in [0, 0.05) is 22.8 Å². The number of halogens is 1. The summed E-state index contributed by atoms with van der Waals surface area (Å²) in [5.74, 6) is 0.590. The van der Waals surface area contributed by atoms with Crippen LogP contribution in [-0.2, 0) is 20.6 Å². The summed E-state index contributed by atoms with van der Waals surface area (Å²) in [6.45, 7) is 11.4. The van der Waals surface area contributed by atoms with Crippen LogP contribution in [0.15, 0.2) is 24.3 Å². The molecule has 1 aromatic rings. The smallest absolute Gasteiger partial charge is 0.348 e. The molecule has 7 atom stereocenters. The number of hydrogen-bond acceptors (Lipinski definition) is 7. The Kier molecular flexibility index (Phi) is 14.1. The molecule has 0 spiro atoms. The van der Waals surface area contributed by atoms with Crippen LogP contribution in [-0.4, -0.2) is 61.8 Å². The fourth-order valence-corrected chi connectivity index (χ4v) is 8.64. The van der Waals surface area contributed by atoms with Gasteiger partial charge in [0.15, 0.2) is 14.6 Å². The van der Waals surface area contributed by atoms with Gasteiger partial charge in [0.2, 0.25) is 0 Å². The zero-order valence-corrected chi connectivity index (χ0v) is 29.2. The zero-order valence-electron chi connectivity index (χ0n) is 26.6. The van der Waals surface area contributed by atoms with Crippen LogP contribution in [0.1, 0.15) is 99.5 Å². The zero-order chi connectivity index (χ0) is 30.9. The lowest BCUT2D eigenvalue weighted by molar-refractivity contribution is -0.192. The fourth-order valence-electron chi connectivity index (χ4n) is 6.36. The number of carbonyl (C=O) groups excluding carboxylic acids is 1. The van der Waals surface area contributed by atoms with Gasteiger partial charge in [-0.1, -0.05) is 45.8 Å². The quantitative estimate of drug-likeness (QED) is 0.0820. The van der Waals surface area contributed by atoms with Gasteiger partial charge < -0.3 is 24.1 Å². The van der Waals surface area contributed by atoms with Crippen LogP contribution in [0.2, 0.25) is 18.1 Å². The maximum Gasteiger partial charge on any atom is 0.348 e. The largest absolute Gasteiger partial charge is 0.465 e. The lowest BCUT2D eigenvalue weighted by atomic mass is 9.88. The standard InChI is InChI=1S/C33H55ClO6SSi/c1-23(22-33(2,3)42(5,6)37)11-9-12-24(35)16-18-27-26(14-10-13-25-17-19-30(41-25)32(36)38-4)28(34)21-29(27)40-31-15-7-8-20-39-31/h16-19,23-24,26-29,31,35,37H,7-15,20-22H2,1-6H3/b18-16+/t23-,24+,26-,27-,28-,29-,31?/m1/s1. The number of carbonyl (C=O) groups is 1. The Hall–Kier alpha value is -0.743. The van der Waals surface area contributed by atoms with Gasteiger partial charge in [-0.15, -0.1) is 22.9 Å². The molecule has 1 aromatic heterocycles. The normalized spacial score (nSPS) is 26.9. The van der Waals surface area contributed by atoms with Crippen molar-refractivity contribution in [2.45, 2.75) is 133 Å². The minimum atomic E-state index is -2.22. The number of aliphatic hydroxyl groups excluding tert-OH is 1. The fraction of sp³-hybridized carbons (Fsp3) is 0.788.